The molecule has 5 heteroatoms. The van der Waals surface area contributed by atoms with E-state index in [4.69, 9.17) is 4.74 Å². The number of nitrogens with zero attached hydrogens (tertiary/aromatic N) is 1. The van der Waals surface area contributed by atoms with E-state index in [1.54, 1.807) is 6.07 Å². The summed E-state index contributed by atoms with van der Waals surface area (Å²) >= 11 is 0. The molecular formula is C28H28N2O3. The Kier molecular flexibility index (Phi) is 6.31. The third-order valence-corrected chi connectivity index (χ3v) is 5.82. The third kappa shape index (κ3) is 4.40. The standard InChI is InChI=1S/C28H28N2O3/c1-5-16-33-23-14-12-21(13-15-23)25-26(29-24-11-7-9-19(3)20(24)4)28(32)30(27(25)31)22-10-6-8-18(2)17-22/h6-15,17,29H,5,16H2,1-4H3. The second-order valence-electron chi connectivity index (χ2n) is 8.28. The second-order valence-corrected chi connectivity index (χ2v) is 8.28. The first-order valence-corrected chi connectivity index (χ1v) is 11.2. The number of hydrogen-bond donors (Lipinski definition) is 1. The lowest BCUT2D eigenvalue weighted by Gasteiger charge is -2.16. The quantitative estimate of drug-likeness (QED) is 0.472. The highest BCUT2D eigenvalue weighted by atomic mass is 16.5. The first-order chi connectivity index (χ1) is 15.9. The van der Waals surface area contributed by atoms with Gasteiger partial charge in [0.2, 0.25) is 0 Å². The molecule has 5 nitrogen and oxygen atoms in total. The van der Waals surface area contributed by atoms with Crippen molar-refractivity contribution in [3.8, 4) is 5.75 Å². The number of amides is 2. The number of nitrogens with one attached hydrogen (secondary N) is 1. The molecule has 3 aromatic carbocycles. The minimum atomic E-state index is -0.368. The van der Waals surface area contributed by atoms with E-state index in [2.05, 4.69) is 5.32 Å². The lowest BCUT2D eigenvalue weighted by molar-refractivity contribution is -0.120. The number of rotatable bonds is 7. The molecule has 33 heavy (non-hydrogen) atoms. The van der Waals surface area contributed by atoms with E-state index >= 15 is 0 Å². The Balaban J connectivity index is 1.79. The van der Waals surface area contributed by atoms with Crippen molar-refractivity contribution in [2.45, 2.75) is 34.1 Å². The van der Waals surface area contributed by atoms with Gasteiger partial charge in [0.1, 0.15) is 11.4 Å². The topological polar surface area (TPSA) is 58.6 Å². The molecular weight excluding hydrogens is 412 g/mol. The van der Waals surface area contributed by atoms with Gasteiger partial charge in [-0.2, -0.15) is 0 Å². The van der Waals surface area contributed by atoms with Gasteiger partial charge in [0, 0.05) is 5.69 Å². The van der Waals surface area contributed by atoms with Gasteiger partial charge in [0.25, 0.3) is 11.8 Å². The summed E-state index contributed by atoms with van der Waals surface area (Å²) in [5.41, 5.74) is 5.76. The van der Waals surface area contributed by atoms with Crippen LogP contribution in [-0.2, 0) is 9.59 Å². The van der Waals surface area contributed by atoms with Crippen molar-refractivity contribution < 1.29 is 14.3 Å². The highest BCUT2D eigenvalue weighted by molar-refractivity contribution is 6.46. The molecule has 168 valence electrons. The molecule has 0 aliphatic carbocycles. The van der Waals surface area contributed by atoms with Crippen molar-refractivity contribution >= 4 is 28.8 Å². The van der Waals surface area contributed by atoms with Gasteiger partial charge in [0.05, 0.1) is 17.9 Å². The lowest BCUT2D eigenvalue weighted by atomic mass is 10.0. The van der Waals surface area contributed by atoms with E-state index in [9.17, 15) is 9.59 Å². The van der Waals surface area contributed by atoms with Gasteiger partial charge in [-0.3, -0.25) is 9.59 Å². The fourth-order valence-electron chi connectivity index (χ4n) is 3.87. The van der Waals surface area contributed by atoms with Crippen molar-refractivity contribution in [3.05, 3.63) is 94.7 Å². The lowest BCUT2D eigenvalue weighted by Crippen LogP contribution is -2.32. The van der Waals surface area contributed by atoms with Gasteiger partial charge in [0.15, 0.2) is 0 Å². The van der Waals surface area contributed by atoms with Gasteiger partial charge in [-0.15, -0.1) is 0 Å². The Morgan fingerprint density at radius 1 is 0.879 bits per heavy atom. The molecule has 2 amide bonds. The normalized spacial score (nSPS) is 13.6. The Morgan fingerprint density at radius 3 is 2.30 bits per heavy atom. The summed E-state index contributed by atoms with van der Waals surface area (Å²) in [6.07, 6.45) is 0.912. The Bertz CT molecular complexity index is 1240. The van der Waals surface area contributed by atoms with Crippen molar-refractivity contribution in [2.75, 3.05) is 16.8 Å². The average Bonchev–Trinajstić information content (AvgIpc) is 3.05. The fourth-order valence-corrected chi connectivity index (χ4v) is 3.87. The van der Waals surface area contributed by atoms with Crippen LogP contribution in [0.4, 0.5) is 11.4 Å². The van der Waals surface area contributed by atoms with Crippen LogP contribution in [0.15, 0.2) is 72.4 Å². The van der Waals surface area contributed by atoms with Gasteiger partial charge in [-0.1, -0.05) is 43.3 Å². The molecule has 0 unspecified atom stereocenters. The van der Waals surface area contributed by atoms with Crippen LogP contribution in [0, 0.1) is 20.8 Å². The Hall–Kier alpha value is -3.86. The van der Waals surface area contributed by atoms with E-state index in [1.165, 1.54) is 4.90 Å². The van der Waals surface area contributed by atoms with Crippen molar-refractivity contribution in [1.82, 2.24) is 0 Å². The number of imide groups is 1. The smallest absolute Gasteiger partial charge is 0.282 e. The summed E-state index contributed by atoms with van der Waals surface area (Å²) in [6.45, 7) is 8.63. The molecule has 1 aliphatic heterocycles. The van der Waals surface area contributed by atoms with Crippen molar-refractivity contribution in [3.63, 3.8) is 0 Å². The summed E-state index contributed by atoms with van der Waals surface area (Å²) < 4.78 is 5.68. The molecule has 0 radical (unpaired) electrons. The van der Waals surface area contributed by atoms with Gasteiger partial charge in [-0.25, -0.2) is 4.90 Å². The van der Waals surface area contributed by atoms with E-state index in [-0.39, 0.29) is 17.5 Å². The zero-order chi connectivity index (χ0) is 23.5. The zero-order valence-corrected chi connectivity index (χ0v) is 19.4. The van der Waals surface area contributed by atoms with E-state index < -0.39 is 0 Å². The van der Waals surface area contributed by atoms with Gasteiger partial charge >= 0.3 is 0 Å². The molecule has 0 fully saturated rings. The Morgan fingerprint density at radius 2 is 1.61 bits per heavy atom. The zero-order valence-electron chi connectivity index (χ0n) is 19.4. The second kappa shape index (κ2) is 9.33. The highest BCUT2D eigenvalue weighted by Gasteiger charge is 2.40. The van der Waals surface area contributed by atoms with Crippen LogP contribution in [0.3, 0.4) is 0 Å². The van der Waals surface area contributed by atoms with Crippen LogP contribution in [0.5, 0.6) is 5.75 Å². The maximum absolute atomic E-state index is 13.6. The number of carbonyl (C=O) groups excluding carboxylic acids is 2. The monoisotopic (exact) mass is 440 g/mol. The predicted octanol–water partition coefficient (Wildman–Crippen LogP) is 5.80. The number of carbonyl (C=O) groups is 2. The van der Waals surface area contributed by atoms with E-state index in [1.807, 2.05) is 88.4 Å². The molecule has 0 spiro atoms. The number of anilines is 2. The van der Waals surface area contributed by atoms with Crippen LogP contribution in [0.1, 0.15) is 35.6 Å². The van der Waals surface area contributed by atoms with Gasteiger partial charge in [-0.05, 0) is 79.8 Å². The summed E-state index contributed by atoms with van der Waals surface area (Å²) in [5.74, 6) is 0.0194. The number of aryl methyl sites for hydroxylation is 2. The average molecular weight is 441 g/mol. The van der Waals surface area contributed by atoms with Crippen LogP contribution >= 0.6 is 0 Å². The number of benzene rings is 3. The molecule has 4 rings (SSSR count). The molecule has 1 heterocycles. The molecule has 0 saturated carbocycles. The van der Waals surface area contributed by atoms with Crippen molar-refractivity contribution in [1.29, 1.82) is 0 Å². The molecule has 0 atom stereocenters. The molecule has 1 N–H and O–H groups in total. The maximum Gasteiger partial charge on any atom is 0.282 e. The Labute approximate surface area is 194 Å². The minimum absolute atomic E-state index is 0.275. The van der Waals surface area contributed by atoms with Crippen molar-refractivity contribution in [2.24, 2.45) is 0 Å². The van der Waals surface area contributed by atoms with Gasteiger partial charge < -0.3 is 10.1 Å². The minimum Gasteiger partial charge on any atom is -0.494 e. The third-order valence-electron chi connectivity index (χ3n) is 5.82. The largest absolute Gasteiger partial charge is 0.494 e. The SMILES string of the molecule is CCCOc1ccc(C2=C(Nc3cccc(C)c3C)C(=O)N(c3cccc(C)c3)C2=O)cc1. The molecule has 3 aromatic rings. The molecule has 0 aromatic heterocycles. The van der Waals surface area contributed by atoms with Crippen LogP contribution in [0.2, 0.25) is 0 Å². The number of hydrogen-bond acceptors (Lipinski definition) is 4. The van der Waals surface area contributed by atoms with Crippen LogP contribution in [-0.4, -0.2) is 18.4 Å². The first-order valence-electron chi connectivity index (χ1n) is 11.2. The maximum atomic E-state index is 13.6. The molecule has 0 saturated heterocycles. The number of ether oxygens (including phenoxy) is 1. The van der Waals surface area contributed by atoms with Crippen LogP contribution < -0.4 is 15.0 Å². The predicted molar refractivity (Wildman–Crippen MR) is 132 cm³/mol. The summed E-state index contributed by atoms with van der Waals surface area (Å²) in [7, 11) is 0. The van der Waals surface area contributed by atoms with E-state index in [0.29, 0.717) is 23.4 Å². The van der Waals surface area contributed by atoms with Crippen LogP contribution in [0.25, 0.3) is 5.57 Å². The summed E-state index contributed by atoms with van der Waals surface area (Å²) in [4.78, 5) is 28.4. The summed E-state index contributed by atoms with van der Waals surface area (Å²) in [5, 5.41) is 3.28. The highest BCUT2D eigenvalue weighted by Crippen LogP contribution is 2.35. The fraction of sp³-hybridized carbons (Fsp3) is 0.214. The first kappa shape index (κ1) is 22.3. The van der Waals surface area contributed by atoms with E-state index in [0.717, 1.165) is 34.5 Å². The molecule has 0 bridgehead atoms. The summed E-state index contributed by atoms with van der Waals surface area (Å²) in [6, 6.07) is 20.6. The molecule has 1 aliphatic rings.